The lowest BCUT2D eigenvalue weighted by atomic mass is 10.0. The molecule has 0 bridgehead atoms. The first-order valence-corrected chi connectivity index (χ1v) is 6.77. The van der Waals surface area contributed by atoms with Crippen molar-refractivity contribution in [1.29, 1.82) is 0 Å². The van der Waals surface area contributed by atoms with Crippen molar-refractivity contribution in [3.63, 3.8) is 0 Å². The molecule has 5 nitrogen and oxygen atoms in total. The highest BCUT2D eigenvalue weighted by Crippen LogP contribution is 2.18. The monoisotopic (exact) mass is 336 g/mol. The topological polar surface area (TPSA) is 61.2 Å². The molecule has 1 atom stereocenters. The van der Waals surface area contributed by atoms with E-state index in [4.69, 9.17) is 4.74 Å². The third-order valence-corrected chi connectivity index (χ3v) is 3.39. The van der Waals surface area contributed by atoms with Gasteiger partial charge in [0.1, 0.15) is 0 Å². The van der Waals surface area contributed by atoms with E-state index < -0.39 is 12.0 Å². The summed E-state index contributed by atoms with van der Waals surface area (Å²) in [5, 5.41) is 4.00. The summed E-state index contributed by atoms with van der Waals surface area (Å²) in [5.41, 5.74) is 0.550. The quantitative estimate of drug-likeness (QED) is 0.622. The summed E-state index contributed by atoms with van der Waals surface area (Å²) >= 11 is 3.31. The molecule has 0 aliphatic carbocycles. The van der Waals surface area contributed by atoms with E-state index in [1.54, 1.807) is 42.7 Å². The standard InChI is InChI=1S/C14H13BrN2O3/c1-20-14(19)12(17-8-2-7-16-17)9-13(18)10-3-5-11(15)6-4-10/h2-8,12H,9H2,1H3/t12-/m1/s1. The summed E-state index contributed by atoms with van der Waals surface area (Å²) in [6.07, 6.45) is 3.20. The fourth-order valence-corrected chi connectivity index (χ4v) is 2.08. The predicted octanol–water partition coefficient (Wildman–Crippen LogP) is 2.63. The molecule has 0 aliphatic rings. The van der Waals surface area contributed by atoms with Gasteiger partial charge in [-0.25, -0.2) is 4.79 Å². The van der Waals surface area contributed by atoms with Crippen molar-refractivity contribution in [2.75, 3.05) is 7.11 Å². The summed E-state index contributed by atoms with van der Waals surface area (Å²) in [7, 11) is 1.29. The largest absolute Gasteiger partial charge is 0.467 e. The summed E-state index contributed by atoms with van der Waals surface area (Å²) in [6, 6.07) is 7.95. The fraction of sp³-hybridized carbons (Fsp3) is 0.214. The van der Waals surface area contributed by atoms with E-state index in [9.17, 15) is 9.59 Å². The van der Waals surface area contributed by atoms with Crippen molar-refractivity contribution in [3.8, 4) is 0 Å². The van der Waals surface area contributed by atoms with Gasteiger partial charge in [0.15, 0.2) is 11.8 Å². The van der Waals surface area contributed by atoms with Gasteiger partial charge in [0, 0.05) is 28.9 Å². The van der Waals surface area contributed by atoms with Crippen LogP contribution in [0.15, 0.2) is 47.2 Å². The number of ether oxygens (including phenoxy) is 1. The van der Waals surface area contributed by atoms with Gasteiger partial charge >= 0.3 is 5.97 Å². The van der Waals surface area contributed by atoms with Crippen LogP contribution in [0.2, 0.25) is 0 Å². The van der Waals surface area contributed by atoms with Crippen molar-refractivity contribution in [2.45, 2.75) is 12.5 Å². The lowest BCUT2D eigenvalue weighted by molar-refractivity contribution is -0.144. The van der Waals surface area contributed by atoms with E-state index in [-0.39, 0.29) is 12.2 Å². The van der Waals surface area contributed by atoms with Crippen LogP contribution in [-0.4, -0.2) is 28.6 Å². The maximum absolute atomic E-state index is 12.2. The lowest BCUT2D eigenvalue weighted by Crippen LogP contribution is -2.24. The molecule has 1 aromatic heterocycles. The van der Waals surface area contributed by atoms with Crippen LogP contribution in [0.3, 0.4) is 0 Å². The van der Waals surface area contributed by atoms with Gasteiger partial charge in [0.2, 0.25) is 0 Å². The summed E-state index contributed by atoms with van der Waals surface area (Å²) in [4.78, 5) is 24.0. The molecule has 6 heteroatoms. The highest BCUT2D eigenvalue weighted by Gasteiger charge is 2.25. The van der Waals surface area contributed by atoms with Crippen LogP contribution in [0.25, 0.3) is 0 Å². The zero-order chi connectivity index (χ0) is 14.5. The van der Waals surface area contributed by atoms with E-state index >= 15 is 0 Å². The fourth-order valence-electron chi connectivity index (χ4n) is 1.82. The number of ketones is 1. The molecule has 0 spiro atoms. The number of Topliss-reactive ketones (excluding diaryl/α,β-unsaturated/α-hetero) is 1. The highest BCUT2D eigenvalue weighted by molar-refractivity contribution is 9.10. The van der Waals surface area contributed by atoms with Crippen LogP contribution in [0, 0.1) is 0 Å². The maximum atomic E-state index is 12.2. The van der Waals surface area contributed by atoms with Crippen LogP contribution in [0.4, 0.5) is 0 Å². The van der Waals surface area contributed by atoms with E-state index in [0.717, 1.165) is 4.47 Å². The average Bonchev–Trinajstić information content (AvgIpc) is 2.98. The predicted molar refractivity (Wildman–Crippen MR) is 76.4 cm³/mol. The van der Waals surface area contributed by atoms with Crippen molar-refractivity contribution >= 4 is 27.7 Å². The molecule has 1 aromatic carbocycles. The summed E-state index contributed by atoms with van der Waals surface area (Å²) in [6.45, 7) is 0. The molecule has 20 heavy (non-hydrogen) atoms. The number of esters is 1. The van der Waals surface area contributed by atoms with Gasteiger partial charge in [-0.05, 0) is 18.2 Å². The highest BCUT2D eigenvalue weighted by atomic mass is 79.9. The van der Waals surface area contributed by atoms with Gasteiger partial charge < -0.3 is 4.74 Å². The SMILES string of the molecule is COC(=O)[C@@H](CC(=O)c1ccc(Br)cc1)n1cccn1. The molecule has 0 unspecified atom stereocenters. The molecule has 0 saturated heterocycles. The van der Waals surface area contributed by atoms with Gasteiger partial charge in [0.05, 0.1) is 7.11 Å². The minimum Gasteiger partial charge on any atom is -0.467 e. The minimum atomic E-state index is -0.744. The van der Waals surface area contributed by atoms with Crippen molar-refractivity contribution in [3.05, 3.63) is 52.8 Å². The molecule has 1 heterocycles. The second-order valence-corrected chi connectivity index (χ2v) is 5.07. The molecule has 2 aromatic rings. The zero-order valence-electron chi connectivity index (χ0n) is 10.8. The second kappa shape index (κ2) is 6.47. The Morgan fingerprint density at radius 1 is 1.35 bits per heavy atom. The Hall–Kier alpha value is -1.95. The van der Waals surface area contributed by atoms with Crippen molar-refractivity contribution < 1.29 is 14.3 Å². The Bertz CT molecular complexity index is 593. The van der Waals surface area contributed by atoms with E-state index in [0.29, 0.717) is 5.56 Å². The van der Waals surface area contributed by atoms with E-state index in [1.807, 2.05) is 0 Å². The van der Waals surface area contributed by atoms with E-state index in [1.165, 1.54) is 11.8 Å². The van der Waals surface area contributed by atoms with Gasteiger partial charge in [-0.15, -0.1) is 0 Å². The number of nitrogens with zero attached hydrogens (tertiary/aromatic N) is 2. The molecule has 0 saturated carbocycles. The number of rotatable bonds is 5. The number of halogens is 1. The normalized spacial score (nSPS) is 11.9. The van der Waals surface area contributed by atoms with Gasteiger partial charge in [-0.1, -0.05) is 28.1 Å². The van der Waals surface area contributed by atoms with Crippen LogP contribution in [0.1, 0.15) is 22.8 Å². The number of carbonyl (C=O) groups is 2. The molecule has 0 radical (unpaired) electrons. The number of methoxy groups -OCH3 is 1. The Kier molecular flexibility index (Phi) is 4.68. The van der Waals surface area contributed by atoms with Gasteiger partial charge in [-0.3, -0.25) is 9.48 Å². The Balaban J connectivity index is 2.18. The Morgan fingerprint density at radius 2 is 2.05 bits per heavy atom. The molecule has 0 aliphatic heterocycles. The first-order chi connectivity index (χ1) is 9.61. The molecule has 0 amide bonds. The maximum Gasteiger partial charge on any atom is 0.331 e. The third-order valence-electron chi connectivity index (χ3n) is 2.86. The summed E-state index contributed by atoms with van der Waals surface area (Å²) in [5.74, 6) is -0.623. The average molecular weight is 337 g/mol. The zero-order valence-corrected chi connectivity index (χ0v) is 12.4. The van der Waals surface area contributed by atoms with Crippen LogP contribution < -0.4 is 0 Å². The van der Waals surface area contributed by atoms with Crippen molar-refractivity contribution in [1.82, 2.24) is 9.78 Å². The third kappa shape index (κ3) is 3.33. The smallest absolute Gasteiger partial charge is 0.331 e. The van der Waals surface area contributed by atoms with Crippen LogP contribution in [0.5, 0.6) is 0 Å². The number of benzene rings is 1. The van der Waals surface area contributed by atoms with Crippen LogP contribution >= 0.6 is 15.9 Å². The van der Waals surface area contributed by atoms with Gasteiger partial charge in [-0.2, -0.15) is 5.10 Å². The van der Waals surface area contributed by atoms with Crippen molar-refractivity contribution in [2.24, 2.45) is 0 Å². The lowest BCUT2D eigenvalue weighted by Gasteiger charge is -2.14. The number of carbonyl (C=O) groups excluding carboxylic acids is 2. The molecular formula is C14H13BrN2O3. The number of hydrogen-bond acceptors (Lipinski definition) is 4. The molecular weight excluding hydrogens is 324 g/mol. The molecule has 2 rings (SSSR count). The summed E-state index contributed by atoms with van der Waals surface area (Å²) < 4.78 is 7.06. The number of aromatic nitrogens is 2. The van der Waals surface area contributed by atoms with Gasteiger partial charge in [0.25, 0.3) is 0 Å². The first-order valence-electron chi connectivity index (χ1n) is 5.97. The molecule has 104 valence electrons. The second-order valence-electron chi connectivity index (χ2n) is 4.16. The first kappa shape index (κ1) is 14.5. The minimum absolute atomic E-state index is 0.00991. The molecule has 0 fully saturated rings. The van der Waals surface area contributed by atoms with Crippen LogP contribution in [-0.2, 0) is 9.53 Å². The number of hydrogen-bond donors (Lipinski definition) is 0. The van der Waals surface area contributed by atoms with E-state index in [2.05, 4.69) is 21.0 Å². The molecule has 0 N–H and O–H groups in total. The Morgan fingerprint density at radius 3 is 2.60 bits per heavy atom. The Labute approximate surface area is 124 Å².